The van der Waals surface area contributed by atoms with Gasteiger partial charge in [0.1, 0.15) is 12.4 Å². The van der Waals surface area contributed by atoms with E-state index < -0.39 is 6.10 Å². The number of ether oxygens (including phenoxy) is 2. The molecule has 1 atom stereocenters. The van der Waals surface area contributed by atoms with Gasteiger partial charge in [-0.25, -0.2) is 0 Å². The molecule has 1 fully saturated rings. The van der Waals surface area contributed by atoms with Crippen molar-refractivity contribution in [1.29, 1.82) is 0 Å². The average molecular weight is 374 g/mol. The molecule has 5 heteroatoms. The van der Waals surface area contributed by atoms with Crippen molar-refractivity contribution in [2.24, 2.45) is 0 Å². The maximum absolute atomic E-state index is 10.1. The molecule has 4 nitrogen and oxygen atoms in total. The molecule has 0 aliphatic carbocycles. The van der Waals surface area contributed by atoms with Crippen LogP contribution in [0.4, 0.5) is 0 Å². The van der Waals surface area contributed by atoms with Gasteiger partial charge in [0.2, 0.25) is 0 Å². The van der Waals surface area contributed by atoms with Crippen LogP contribution >= 0.6 is 11.6 Å². The first kappa shape index (κ1) is 18.9. The van der Waals surface area contributed by atoms with Crippen molar-refractivity contribution in [1.82, 2.24) is 4.90 Å². The molecule has 2 aromatic rings. The van der Waals surface area contributed by atoms with Gasteiger partial charge in [-0.05, 0) is 35.4 Å². The zero-order valence-electron chi connectivity index (χ0n) is 14.7. The summed E-state index contributed by atoms with van der Waals surface area (Å²) in [7, 11) is 0. The van der Waals surface area contributed by atoms with Crippen LogP contribution in [-0.4, -0.2) is 49.0 Å². The lowest BCUT2D eigenvalue weighted by Crippen LogP contribution is -2.40. The third kappa shape index (κ3) is 6.15. The van der Waals surface area contributed by atoms with E-state index in [0.717, 1.165) is 43.2 Å². The summed E-state index contributed by atoms with van der Waals surface area (Å²) in [4.78, 5) is 2.21. The first-order valence-electron chi connectivity index (χ1n) is 8.83. The minimum atomic E-state index is -0.480. The lowest BCUT2D eigenvalue weighted by Gasteiger charge is -2.27. The van der Waals surface area contributed by atoms with Crippen LogP contribution in [0.25, 0.3) is 6.08 Å². The molecule has 1 aliphatic heterocycles. The third-order valence-corrected chi connectivity index (χ3v) is 4.47. The Bertz CT molecular complexity index is 711. The largest absolute Gasteiger partial charge is 0.489 e. The third-order valence-electron chi connectivity index (χ3n) is 4.23. The van der Waals surface area contributed by atoms with Gasteiger partial charge in [-0.3, -0.25) is 4.90 Å². The topological polar surface area (TPSA) is 41.9 Å². The van der Waals surface area contributed by atoms with E-state index in [2.05, 4.69) is 4.90 Å². The van der Waals surface area contributed by atoms with Gasteiger partial charge in [-0.1, -0.05) is 48.0 Å². The van der Waals surface area contributed by atoms with E-state index in [1.165, 1.54) is 0 Å². The minimum Gasteiger partial charge on any atom is -0.489 e. The number of hydrogen-bond donors (Lipinski definition) is 1. The second-order valence-electron chi connectivity index (χ2n) is 6.33. The predicted molar refractivity (Wildman–Crippen MR) is 105 cm³/mol. The first-order valence-corrected chi connectivity index (χ1v) is 9.20. The lowest BCUT2D eigenvalue weighted by molar-refractivity contribution is 0.0223. The average Bonchev–Trinajstić information content (AvgIpc) is 2.66. The summed E-state index contributed by atoms with van der Waals surface area (Å²) in [6.07, 6.45) is 3.29. The molecule has 1 heterocycles. The van der Waals surface area contributed by atoms with Gasteiger partial charge >= 0.3 is 0 Å². The van der Waals surface area contributed by atoms with E-state index in [0.29, 0.717) is 18.2 Å². The maximum atomic E-state index is 10.1. The van der Waals surface area contributed by atoms with Crippen LogP contribution < -0.4 is 4.74 Å². The molecule has 0 spiro atoms. The summed E-state index contributed by atoms with van der Waals surface area (Å²) in [6, 6.07) is 15.5. The summed E-state index contributed by atoms with van der Waals surface area (Å²) in [5.41, 5.74) is 2.06. The molecule has 1 N–H and O–H groups in total. The Morgan fingerprint density at radius 1 is 1.15 bits per heavy atom. The quantitative estimate of drug-likeness (QED) is 0.804. The Morgan fingerprint density at radius 3 is 2.65 bits per heavy atom. The lowest BCUT2D eigenvalue weighted by atomic mass is 10.1. The van der Waals surface area contributed by atoms with E-state index in [9.17, 15) is 5.11 Å². The van der Waals surface area contributed by atoms with E-state index in [1.807, 2.05) is 60.7 Å². The highest BCUT2D eigenvalue weighted by Gasteiger charge is 2.12. The van der Waals surface area contributed by atoms with Crippen molar-refractivity contribution in [3.05, 3.63) is 70.8 Å². The molecule has 26 heavy (non-hydrogen) atoms. The molecule has 0 aromatic heterocycles. The van der Waals surface area contributed by atoms with Gasteiger partial charge < -0.3 is 14.6 Å². The summed E-state index contributed by atoms with van der Waals surface area (Å²) in [5, 5.41) is 10.9. The maximum Gasteiger partial charge on any atom is 0.119 e. The van der Waals surface area contributed by atoms with Gasteiger partial charge in [0.05, 0.1) is 19.3 Å². The van der Waals surface area contributed by atoms with Gasteiger partial charge in [0.15, 0.2) is 0 Å². The SMILES string of the molecule is OC(/C=C/c1ccc(OCc2cccc(Cl)c2)cc1)CN1CCOCC1. The summed E-state index contributed by atoms with van der Waals surface area (Å²) < 4.78 is 11.1. The van der Waals surface area contributed by atoms with Crippen molar-refractivity contribution in [3.63, 3.8) is 0 Å². The first-order chi connectivity index (χ1) is 12.7. The van der Waals surface area contributed by atoms with Crippen molar-refractivity contribution in [2.75, 3.05) is 32.8 Å². The minimum absolute atomic E-state index is 0.480. The highest BCUT2D eigenvalue weighted by molar-refractivity contribution is 6.30. The Kier molecular flexibility index (Phi) is 7.09. The molecule has 1 aliphatic rings. The second kappa shape index (κ2) is 9.74. The number of β-amino-alcohol motifs (C(OH)–C–C–N with tert-alkyl or cyclic N) is 1. The molecule has 1 saturated heterocycles. The van der Waals surface area contributed by atoms with Gasteiger partial charge in [-0.2, -0.15) is 0 Å². The van der Waals surface area contributed by atoms with Gasteiger partial charge in [0.25, 0.3) is 0 Å². The Hall–Kier alpha value is -1.85. The summed E-state index contributed by atoms with van der Waals surface area (Å²) in [5.74, 6) is 0.802. The van der Waals surface area contributed by atoms with Crippen molar-refractivity contribution < 1.29 is 14.6 Å². The molecule has 0 amide bonds. The fraction of sp³-hybridized carbons (Fsp3) is 0.333. The number of halogens is 1. The predicted octanol–water partition coefficient (Wildman–Crippen LogP) is 3.63. The Labute approximate surface area is 159 Å². The van der Waals surface area contributed by atoms with Crippen LogP contribution in [0, 0.1) is 0 Å². The zero-order valence-corrected chi connectivity index (χ0v) is 15.4. The van der Waals surface area contributed by atoms with Crippen LogP contribution in [0.2, 0.25) is 5.02 Å². The van der Waals surface area contributed by atoms with Crippen LogP contribution in [0.5, 0.6) is 5.75 Å². The van der Waals surface area contributed by atoms with E-state index in [1.54, 1.807) is 0 Å². The second-order valence-corrected chi connectivity index (χ2v) is 6.76. The van der Waals surface area contributed by atoms with Gasteiger partial charge in [0, 0.05) is 24.7 Å². The molecule has 2 aromatic carbocycles. The van der Waals surface area contributed by atoms with Crippen molar-refractivity contribution in [3.8, 4) is 5.75 Å². The highest BCUT2D eigenvalue weighted by Crippen LogP contribution is 2.17. The number of benzene rings is 2. The fourth-order valence-electron chi connectivity index (χ4n) is 2.80. The normalized spacial score (nSPS) is 16.7. The monoisotopic (exact) mass is 373 g/mol. The molecular weight excluding hydrogens is 350 g/mol. The number of hydrogen-bond acceptors (Lipinski definition) is 4. The standard InChI is InChI=1S/C21H24ClNO3/c22-19-3-1-2-18(14-19)16-26-21-8-5-17(6-9-21)4-7-20(24)15-23-10-12-25-13-11-23/h1-9,14,20,24H,10-13,15-16H2/b7-4+. The van der Waals surface area contributed by atoms with Crippen LogP contribution in [0.1, 0.15) is 11.1 Å². The molecule has 138 valence electrons. The number of morpholine rings is 1. The molecule has 0 radical (unpaired) electrons. The van der Waals surface area contributed by atoms with Crippen LogP contribution in [-0.2, 0) is 11.3 Å². The van der Waals surface area contributed by atoms with Crippen molar-refractivity contribution >= 4 is 17.7 Å². The fourth-order valence-corrected chi connectivity index (χ4v) is 3.01. The van der Waals surface area contributed by atoms with Crippen molar-refractivity contribution in [2.45, 2.75) is 12.7 Å². The zero-order chi connectivity index (χ0) is 18.2. The molecule has 1 unspecified atom stereocenters. The van der Waals surface area contributed by atoms with E-state index >= 15 is 0 Å². The smallest absolute Gasteiger partial charge is 0.119 e. The molecule has 0 saturated carbocycles. The Morgan fingerprint density at radius 2 is 1.92 bits per heavy atom. The van der Waals surface area contributed by atoms with Crippen LogP contribution in [0.3, 0.4) is 0 Å². The number of aliphatic hydroxyl groups is 1. The summed E-state index contributed by atoms with van der Waals surface area (Å²) >= 11 is 5.98. The number of nitrogens with zero attached hydrogens (tertiary/aromatic N) is 1. The highest BCUT2D eigenvalue weighted by atomic mass is 35.5. The summed E-state index contributed by atoms with van der Waals surface area (Å²) in [6.45, 7) is 4.36. The van der Waals surface area contributed by atoms with E-state index in [-0.39, 0.29) is 0 Å². The molecule has 3 rings (SSSR count). The van der Waals surface area contributed by atoms with Gasteiger partial charge in [-0.15, -0.1) is 0 Å². The Balaban J connectivity index is 1.47. The number of rotatable bonds is 7. The van der Waals surface area contributed by atoms with E-state index in [4.69, 9.17) is 21.1 Å². The molecular formula is C21H24ClNO3. The van der Waals surface area contributed by atoms with Crippen LogP contribution in [0.15, 0.2) is 54.6 Å². The number of aliphatic hydroxyl groups excluding tert-OH is 1. The molecule has 0 bridgehead atoms.